The van der Waals surface area contributed by atoms with Gasteiger partial charge < -0.3 is 10.2 Å². The summed E-state index contributed by atoms with van der Waals surface area (Å²) in [5, 5.41) is 9.34. The number of thiophene rings is 1. The van der Waals surface area contributed by atoms with Gasteiger partial charge >= 0.3 is 6.03 Å². The number of para-hydroxylation sites is 1. The maximum atomic E-state index is 12.3. The van der Waals surface area contributed by atoms with E-state index in [9.17, 15) is 4.79 Å². The molecule has 1 N–H and O–H groups in total. The lowest BCUT2D eigenvalue weighted by Gasteiger charge is -2.20. The number of nitrogens with zero attached hydrogens (tertiary/aromatic N) is 3. The van der Waals surface area contributed by atoms with Crippen LogP contribution in [0, 0.1) is 0 Å². The molecule has 2 aromatic heterocycles. The van der Waals surface area contributed by atoms with Crippen LogP contribution in [0.2, 0.25) is 0 Å². The molecule has 0 aliphatic carbocycles. The highest BCUT2D eigenvalue weighted by Gasteiger charge is 2.12. The summed E-state index contributed by atoms with van der Waals surface area (Å²) in [5.74, 6) is 0. The minimum atomic E-state index is -0.0571. The van der Waals surface area contributed by atoms with Gasteiger partial charge in [0.05, 0.1) is 18.4 Å². The highest BCUT2D eigenvalue weighted by atomic mass is 32.1. The largest absolute Gasteiger partial charge is 0.334 e. The van der Waals surface area contributed by atoms with Gasteiger partial charge in [-0.1, -0.05) is 24.3 Å². The summed E-state index contributed by atoms with van der Waals surface area (Å²) >= 11 is 1.66. The van der Waals surface area contributed by atoms with Crippen LogP contribution in [0.3, 0.4) is 0 Å². The molecule has 0 bridgehead atoms. The van der Waals surface area contributed by atoms with Gasteiger partial charge in [0, 0.05) is 29.7 Å². The van der Waals surface area contributed by atoms with Gasteiger partial charge in [0.15, 0.2) is 0 Å². The van der Waals surface area contributed by atoms with E-state index in [2.05, 4.69) is 10.4 Å². The lowest BCUT2D eigenvalue weighted by atomic mass is 10.3. The van der Waals surface area contributed by atoms with Gasteiger partial charge in [-0.25, -0.2) is 9.48 Å². The van der Waals surface area contributed by atoms with Crippen molar-refractivity contribution < 1.29 is 4.79 Å². The van der Waals surface area contributed by atoms with Crippen LogP contribution in [0.4, 0.5) is 4.79 Å². The molecule has 2 amide bonds. The second-order valence-electron chi connectivity index (χ2n) is 5.38. The van der Waals surface area contributed by atoms with Crippen molar-refractivity contribution >= 4 is 17.4 Å². The number of nitrogens with one attached hydrogen (secondary N) is 1. The zero-order valence-corrected chi connectivity index (χ0v) is 14.4. The number of carbonyl (C=O) groups is 1. The van der Waals surface area contributed by atoms with Crippen molar-refractivity contribution in [3.8, 4) is 5.69 Å². The molecule has 0 fully saturated rings. The molecule has 0 atom stereocenters. The maximum absolute atomic E-state index is 12.3. The number of urea groups is 1. The Morgan fingerprint density at radius 2 is 2.08 bits per heavy atom. The first-order valence-corrected chi connectivity index (χ1v) is 8.78. The highest BCUT2D eigenvalue weighted by molar-refractivity contribution is 7.09. The summed E-state index contributed by atoms with van der Waals surface area (Å²) in [4.78, 5) is 15.3. The van der Waals surface area contributed by atoms with E-state index in [4.69, 9.17) is 0 Å². The quantitative estimate of drug-likeness (QED) is 0.744. The number of benzene rings is 1. The Balaban J connectivity index is 1.57. The number of hydrogen-bond donors (Lipinski definition) is 1. The van der Waals surface area contributed by atoms with Crippen molar-refractivity contribution in [3.63, 3.8) is 0 Å². The number of rotatable bonds is 6. The van der Waals surface area contributed by atoms with Crippen LogP contribution in [0.5, 0.6) is 0 Å². The molecule has 0 saturated carbocycles. The number of amides is 2. The molecule has 0 aliphatic rings. The Kier molecular flexibility index (Phi) is 5.28. The molecule has 0 unspecified atom stereocenters. The third kappa shape index (κ3) is 4.02. The maximum Gasteiger partial charge on any atom is 0.317 e. The van der Waals surface area contributed by atoms with Gasteiger partial charge in [-0.3, -0.25) is 0 Å². The molecule has 124 valence electrons. The first-order chi connectivity index (χ1) is 11.8. The lowest BCUT2D eigenvalue weighted by molar-refractivity contribution is 0.198. The summed E-state index contributed by atoms with van der Waals surface area (Å²) < 4.78 is 1.81. The molecular formula is C18H20N4OS. The van der Waals surface area contributed by atoms with Crippen molar-refractivity contribution in [2.24, 2.45) is 0 Å². The van der Waals surface area contributed by atoms with Crippen LogP contribution in [0.15, 0.2) is 60.2 Å². The minimum absolute atomic E-state index is 0.0571. The van der Waals surface area contributed by atoms with Crippen molar-refractivity contribution in [1.29, 1.82) is 0 Å². The molecule has 6 heteroatoms. The number of carbonyl (C=O) groups excluding carboxylic acids is 1. The van der Waals surface area contributed by atoms with Crippen molar-refractivity contribution in [1.82, 2.24) is 20.0 Å². The zero-order chi connectivity index (χ0) is 16.8. The second-order valence-corrected chi connectivity index (χ2v) is 6.41. The Hall–Kier alpha value is -2.60. The van der Waals surface area contributed by atoms with Crippen LogP contribution in [-0.4, -0.2) is 27.3 Å². The van der Waals surface area contributed by atoms with Gasteiger partial charge in [-0.2, -0.15) is 5.10 Å². The van der Waals surface area contributed by atoms with E-state index in [-0.39, 0.29) is 6.03 Å². The molecule has 1 aromatic carbocycles. The van der Waals surface area contributed by atoms with E-state index in [1.807, 2.05) is 65.6 Å². The molecule has 5 nitrogen and oxygen atoms in total. The van der Waals surface area contributed by atoms with Crippen molar-refractivity contribution in [3.05, 3.63) is 70.7 Å². The third-order valence-electron chi connectivity index (χ3n) is 3.70. The topological polar surface area (TPSA) is 50.2 Å². The summed E-state index contributed by atoms with van der Waals surface area (Å²) in [7, 11) is 0. The second kappa shape index (κ2) is 7.79. The molecular weight excluding hydrogens is 320 g/mol. The molecule has 24 heavy (non-hydrogen) atoms. The molecule has 3 aromatic rings. The van der Waals surface area contributed by atoms with Gasteiger partial charge in [-0.15, -0.1) is 11.3 Å². The third-order valence-corrected chi connectivity index (χ3v) is 4.56. The lowest BCUT2D eigenvalue weighted by Crippen LogP contribution is -2.38. The van der Waals surface area contributed by atoms with E-state index in [0.717, 1.165) is 11.3 Å². The van der Waals surface area contributed by atoms with E-state index in [0.29, 0.717) is 19.6 Å². The van der Waals surface area contributed by atoms with Crippen molar-refractivity contribution in [2.75, 3.05) is 6.54 Å². The zero-order valence-electron chi connectivity index (χ0n) is 13.6. The van der Waals surface area contributed by atoms with Crippen LogP contribution in [-0.2, 0) is 13.1 Å². The average Bonchev–Trinajstić information content (AvgIpc) is 3.30. The molecule has 0 spiro atoms. The van der Waals surface area contributed by atoms with Gasteiger partial charge in [0.2, 0.25) is 0 Å². The standard InChI is InChI=1S/C18H20N4OS/c1-2-21(14-17-9-6-10-24-17)18(23)19-11-15-12-20-22(13-15)16-7-4-3-5-8-16/h3-10,12-13H,2,11,14H2,1H3,(H,19,23). The summed E-state index contributed by atoms with van der Waals surface area (Å²) in [6, 6.07) is 13.9. The molecule has 2 heterocycles. The van der Waals surface area contributed by atoms with Gasteiger partial charge in [0.25, 0.3) is 0 Å². The smallest absolute Gasteiger partial charge is 0.317 e. The Bertz CT molecular complexity index is 767. The first-order valence-electron chi connectivity index (χ1n) is 7.90. The predicted octanol–water partition coefficient (Wildman–Crippen LogP) is 3.67. The molecule has 0 saturated heterocycles. The van der Waals surface area contributed by atoms with Gasteiger partial charge in [0.1, 0.15) is 0 Å². The molecule has 0 radical (unpaired) electrons. The van der Waals surface area contributed by atoms with Gasteiger partial charge in [-0.05, 0) is 30.5 Å². The van der Waals surface area contributed by atoms with Crippen LogP contribution in [0.1, 0.15) is 17.4 Å². The fraction of sp³-hybridized carbons (Fsp3) is 0.222. The van der Waals surface area contributed by atoms with E-state index in [1.165, 1.54) is 4.88 Å². The summed E-state index contributed by atoms with van der Waals surface area (Å²) in [6.07, 6.45) is 3.72. The predicted molar refractivity (Wildman–Crippen MR) is 96.2 cm³/mol. The normalized spacial score (nSPS) is 10.5. The van der Waals surface area contributed by atoms with Crippen LogP contribution < -0.4 is 5.32 Å². The van der Waals surface area contributed by atoms with E-state index in [1.54, 1.807) is 22.4 Å². The molecule has 3 rings (SSSR count). The SMILES string of the molecule is CCN(Cc1cccs1)C(=O)NCc1cnn(-c2ccccc2)c1. The van der Waals surface area contributed by atoms with Crippen LogP contribution in [0.25, 0.3) is 5.69 Å². The summed E-state index contributed by atoms with van der Waals surface area (Å²) in [5.41, 5.74) is 1.97. The van der Waals surface area contributed by atoms with E-state index >= 15 is 0 Å². The number of aromatic nitrogens is 2. The summed E-state index contributed by atoms with van der Waals surface area (Å²) in [6.45, 7) is 3.77. The average molecular weight is 340 g/mol. The fourth-order valence-corrected chi connectivity index (χ4v) is 3.10. The first kappa shape index (κ1) is 16.3. The Morgan fingerprint density at radius 1 is 1.25 bits per heavy atom. The van der Waals surface area contributed by atoms with E-state index < -0.39 is 0 Å². The van der Waals surface area contributed by atoms with Crippen LogP contribution >= 0.6 is 11.3 Å². The monoisotopic (exact) mass is 340 g/mol. The minimum Gasteiger partial charge on any atom is -0.334 e. The highest BCUT2D eigenvalue weighted by Crippen LogP contribution is 2.12. The Labute approximate surface area is 145 Å². The fourth-order valence-electron chi connectivity index (χ4n) is 2.38. The number of hydrogen-bond acceptors (Lipinski definition) is 3. The molecule has 0 aliphatic heterocycles. The Morgan fingerprint density at radius 3 is 2.79 bits per heavy atom. The van der Waals surface area contributed by atoms with Crippen molar-refractivity contribution in [2.45, 2.75) is 20.0 Å².